The number of aromatic nitrogens is 2. The van der Waals surface area contributed by atoms with Crippen LogP contribution in [0.1, 0.15) is 25.5 Å². The molecule has 0 aliphatic rings. The molecule has 0 bridgehead atoms. The van der Waals surface area contributed by atoms with Crippen molar-refractivity contribution in [2.45, 2.75) is 26.2 Å². The summed E-state index contributed by atoms with van der Waals surface area (Å²) in [7, 11) is 0. The molecule has 1 aromatic rings. The maximum absolute atomic E-state index is 13.6. The predicted octanol–water partition coefficient (Wildman–Crippen LogP) is 2.61. The Morgan fingerprint density at radius 2 is 2.20 bits per heavy atom. The number of halogens is 2. The van der Waals surface area contributed by atoms with Crippen LogP contribution in [0.5, 0.6) is 0 Å². The van der Waals surface area contributed by atoms with Crippen LogP contribution in [0.3, 0.4) is 0 Å². The number of rotatable bonds is 6. The molecular formula is C10H15ClFN3. The van der Waals surface area contributed by atoms with Crippen LogP contribution in [0.2, 0.25) is 0 Å². The molecule has 15 heavy (non-hydrogen) atoms. The highest BCUT2D eigenvalue weighted by molar-refractivity contribution is 6.17. The average molecular weight is 232 g/mol. The summed E-state index contributed by atoms with van der Waals surface area (Å²) >= 11 is 5.53. The van der Waals surface area contributed by atoms with Gasteiger partial charge in [-0.15, -0.1) is 11.6 Å². The molecule has 1 N–H and O–H groups in total. The molecule has 84 valence electrons. The molecule has 0 atom stereocenters. The third-order valence-corrected chi connectivity index (χ3v) is 2.32. The standard InChI is InChI=1S/C10H15ClFN3/c1-2-8-9(12)10(15-7-14-8)13-6-4-3-5-11/h7H,2-6H2,1H3,(H,13,14,15). The van der Waals surface area contributed by atoms with Gasteiger partial charge in [-0.1, -0.05) is 6.92 Å². The van der Waals surface area contributed by atoms with Crippen molar-refractivity contribution in [1.82, 2.24) is 9.97 Å². The zero-order chi connectivity index (χ0) is 11.1. The minimum atomic E-state index is -0.342. The lowest BCUT2D eigenvalue weighted by atomic mass is 10.3. The molecule has 0 aliphatic heterocycles. The molecule has 1 heterocycles. The molecule has 0 radical (unpaired) electrons. The summed E-state index contributed by atoms with van der Waals surface area (Å²) in [5.74, 6) is 0.580. The molecular weight excluding hydrogens is 217 g/mol. The topological polar surface area (TPSA) is 37.8 Å². The summed E-state index contributed by atoms with van der Waals surface area (Å²) in [6, 6.07) is 0. The van der Waals surface area contributed by atoms with Gasteiger partial charge in [0.05, 0.1) is 5.69 Å². The second kappa shape index (κ2) is 6.56. The predicted molar refractivity (Wildman–Crippen MR) is 59.8 cm³/mol. The largest absolute Gasteiger partial charge is 0.368 e. The van der Waals surface area contributed by atoms with Gasteiger partial charge in [-0.2, -0.15) is 0 Å². The number of aryl methyl sites for hydroxylation is 1. The number of nitrogens with zero attached hydrogens (tertiary/aromatic N) is 2. The molecule has 0 aromatic carbocycles. The van der Waals surface area contributed by atoms with Gasteiger partial charge < -0.3 is 5.32 Å². The van der Waals surface area contributed by atoms with E-state index in [0.717, 1.165) is 12.8 Å². The van der Waals surface area contributed by atoms with Crippen LogP contribution in [0, 0.1) is 5.82 Å². The first-order chi connectivity index (χ1) is 7.29. The van der Waals surface area contributed by atoms with Gasteiger partial charge >= 0.3 is 0 Å². The number of hydrogen-bond acceptors (Lipinski definition) is 3. The third kappa shape index (κ3) is 3.63. The van der Waals surface area contributed by atoms with Crippen molar-refractivity contribution in [1.29, 1.82) is 0 Å². The van der Waals surface area contributed by atoms with E-state index in [1.807, 2.05) is 6.92 Å². The smallest absolute Gasteiger partial charge is 0.186 e. The van der Waals surface area contributed by atoms with Crippen molar-refractivity contribution in [2.24, 2.45) is 0 Å². The van der Waals surface area contributed by atoms with Crippen molar-refractivity contribution in [2.75, 3.05) is 17.7 Å². The van der Waals surface area contributed by atoms with Crippen LogP contribution in [-0.4, -0.2) is 22.4 Å². The second-order valence-corrected chi connectivity index (χ2v) is 3.54. The molecule has 5 heteroatoms. The van der Waals surface area contributed by atoms with E-state index < -0.39 is 0 Å². The summed E-state index contributed by atoms with van der Waals surface area (Å²) in [5, 5.41) is 2.94. The molecule has 0 fully saturated rings. The molecule has 0 saturated carbocycles. The Kier molecular flexibility index (Phi) is 5.32. The summed E-state index contributed by atoms with van der Waals surface area (Å²) in [4.78, 5) is 7.71. The second-order valence-electron chi connectivity index (χ2n) is 3.16. The molecule has 1 aromatic heterocycles. The molecule has 1 rings (SSSR count). The Balaban J connectivity index is 2.53. The van der Waals surface area contributed by atoms with Gasteiger partial charge in [0, 0.05) is 12.4 Å². The third-order valence-electron chi connectivity index (χ3n) is 2.05. The minimum Gasteiger partial charge on any atom is -0.368 e. The van der Waals surface area contributed by atoms with Gasteiger partial charge in [-0.3, -0.25) is 0 Å². The Bertz CT molecular complexity index is 307. The van der Waals surface area contributed by atoms with E-state index in [0.29, 0.717) is 24.5 Å². The van der Waals surface area contributed by atoms with E-state index in [1.165, 1.54) is 6.33 Å². The molecule has 0 amide bonds. The summed E-state index contributed by atoms with van der Waals surface area (Å²) in [6.45, 7) is 2.55. The van der Waals surface area contributed by atoms with Crippen LogP contribution >= 0.6 is 11.6 Å². The van der Waals surface area contributed by atoms with Gasteiger partial charge in [0.25, 0.3) is 0 Å². The summed E-state index contributed by atoms with van der Waals surface area (Å²) in [5.41, 5.74) is 0.449. The van der Waals surface area contributed by atoms with Crippen molar-refractivity contribution in [3.63, 3.8) is 0 Å². The van der Waals surface area contributed by atoms with Crippen LogP contribution in [0.25, 0.3) is 0 Å². The van der Waals surface area contributed by atoms with Crippen molar-refractivity contribution >= 4 is 17.4 Å². The Labute approximate surface area is 94.1 Å². The number of nitrogens with one attached hydrogen (secondary N) is 1. The van der Waals surface area contributed by atoms with Crippen molar-refractivity contribution < 1.29 is 4.39 Å². The quantitative estimate of drug-likeness (QED) is 0.604. The minimum absolute atomic E-state index is 0.288. The zero-order valence-electron chi connectivity index (χ0n) is 8.76. The van der Waals surface area contributed by atoms with Gasteiger partial charge in [0.1, 0.15) is 6.33 Å². The average Bonchev–Trinajstić information content (AvgIpc) is 2.26. The van der Waals surface area contributed by atoms with Crippen molar-refractivity contribution in [3.05, 3.63) is 17.8 Å². The number of unbranched alkanes of at least 4 members (excludes halogenated alkanes) is 1. The van der Waals surface area contributed by atoms with Gasteiger partial charge in [-0.05, 0) is 19.3 Å². The van der Waals surface area contributed by atoms with Gasteiger partial charge in [0.2, 0.25) is 0 Å². The SMILES string of the molecule is CCc1ncnc(NCCCCCl)c1F. The van der Waals surface area contributed by atoms with Crippen LogP contribution < -0.4 is 5.32 Å². The first kappa shape index (κ1) is 12.2. The van der Waals surface area contributed by atoms with Gasteiger partial charge in [-0.25, -0.2) is 14.4 Å². The van der Waals surface area contributed by atoms with Crippen LogP contribution in [0.15, 0.2) is 6.33 Å². The van der Waals surface area contributed by atoms with E-state index in [4.69, 9.17) is 11.6 Å². The maximum atomic E-state index is 13.6. The zero-order valence-corrected chi connectivity index (χ0v) is 9.52. The highest BCUT2D eigenvalue weighted by Gasteiger charge is 2.08. The van der Waals surface area contributed by atoms with E-state index in [9.17, 15) is 4.39 Å². The molecule has 0 saturated heterocycles. The fraction of sp³-hybridized carbons (Fsp3) is 0.600. The highest BCUT2D eigenvalue weighted by Crippen LogP contribution is 2.13. The Morgan fingerprint density at radius 3 is 2.87 bits per heavy atom. The first-order valence-electron chi connectivity index (χ1n) is 5.08. The maximum Gasteiger partial charge on any atom is 0.186 e. The number of anilines is 1. The number of alkyl halides is 1. The van der Waals surface area contributed by atoms with Gasteiger partial charge in [0.15, 0.2) is 11.6 Å². The van der Waals surface area contributed by atoms with E-state index in [2.05, 4.69) is 15.3 Å². The van der Waals surface area contributed by atoms with Crippen LogP contribution in [0.4, 0.5) is 10.2 Å². The number of hydrogen-bond donors (Lipinski definition) is 1. The van der Waals surface area contributed by atoms with Crippen molar-refractivity contribution in [3.8, 4) is 0 Å². The Hall–Kier alpha value is -0.900. The molecule has 0 spiro atoms. The summed E-state index contributed by atoms with van der Waals surface area (Å²) in [6.07, 6.45) is 3.78. The normalized spacial score (nSPS) is 10.3. The monoisotopic (exact) mass is 231 g/mol. The lowest BCUT2D eigenvalue weighted by Gasteiger charge is -2.07. The Morgan fingerprint density at radius 1 is 1.40 bits per heavy atom. The molecule has 0 unspecified atom stereocenters. The first-order valence-corrected chi connectivity index (χ1v) is 5.62. The molecule has 0 aliphatic carbocycles. The van der Waals surface area contributed by atoms with E-state index in [1.54, 1.807) is 0 Å². The fourth-order valence-corrected chi connectivity index (χ4v) is 1.39. The lowest BCUT2D eigenvalue weighted by molar-refractivity contribution is 0.596. The fourth-order valence-electron chi connectivity index (χ4n) is 1.20. The molecule has 3 nitrogen and oxygen atoms in total. The lowest BCUT2D eigenvalue weighted by Crippen LogP contribution is -2.08. The summed E-state index contributed by atoms with van der Waals surface area (Å²) < 4.78 is 13.6. The van der Waals surface area contributed by atoms with Crippen LogP contribution in [-0.2, 0) is 6.42 Å². The van der Waals surface area contributed by atoms with E-state index >= 15 is 0 Å². The highest BCUT2D eigenvalue weighted by atomic mass is 35.5. The van der Waals surface area contributed by atoms with E-state index in [-0.39, 0.29) is 11.6 Å².